The van der Waals surface area contributed by atoms with E-state index in [2.05, 4.69) is 16.0 Å². The number of nitrogens with one attached hydrogen (secondary N) is 3. The lowest BCUT2D eigenvalue weighted by atomic mass is 9.84. The number of benzene rings is 1. The van der Waals surface area contributed by atoms with Crippen LogP contribution in [-0.4, -0.2) is 71.1 Å². The monoisotopic (exact) mass is 543 g/mol. The van der Waals surface area contributed by atoms with Gasteiger partial charge in [-0.05, 0) is 49.7 Å². The highest BCUT2D eigenvalue weighted by atomic mass is 16.5. The standard InChI is InChI=1S/C29H45N5O5/c1-20-9-11-23(12-10-20)30-28(38)31-24-13-15-33(16-14-24)27(37)25(29(2,3)4)32-26(36)22(18-34(39)19-35)17-21-7-5-6-8-21/h9-12,19,21-22,24-25,39H,5-8,13-18H2,1-4H3,(H,32,36)(H2,30,31,38)/t22?,25-/m1/s1. The molecule has 0 bridgehead atoms. The van der Waals surface area contributed by atoms with Gasteiger partial charge in [0, 0.05) is 24.8 Å². The predicted molar refractivity (Wildman–Crippen MR) is 149 cm³/mol. The summed E-state index contributed by atoms with van der Waals surface area (Å²) in [6, 6.07) is 6.49. The SMILES string of the molecule is Cc1ccc(NC(=O)NC2CCN(C(=O)[C@@H](NC(=O)C(CC3CCCC3)CN(O)C=O)C(C)(C)C)CC2)cc1. The first kappa shape index (κ1) is 30.4. The third-order valence-corrected chi connectivity index (χ3v) is 7.84. The predicted octanol–water partition coefficient (Wildman–Crippen LogP) is 3.68. The van der Waals surface area contributed by atoms with E-state index in [1.165, 1.54) is 0 Å². The van der Waals surface area contributed by atoms with Crippen LogP contribution in [0.25, 0.3) is 0 Å². The van der Waals surface area contributed by atoms with Crippen LogP contribution in [0.2, 0.25) is 0 Å². The Kier molecular flexibility index (Phi) is 10.7. The fourth-order valence-corrected chi connectivity index (χ4v) is 5.51. The number of carbonyl (C=O) groups is 4. The number of hydrogen-bond donors (Lipinski definition) is 4. The minimum absolute atomic E-state index is 0.0585. The molecule has 1 aromatic rings. The van der Waals surface area contributed by atoms with Gasteiger partial charge in [-0.15, -0.1) is 0 Å². The van der Waals surface area contributed by atoms with Gasteiger partial charge in [-0.2, -0.15) is 0 Å². The van der Waals surface area contributed by atoms with Crippen LogP contribution in [-0.2, 0) is 14.4 Å². The lowest BCUT2D eigenvalue weighted by molar-refractivity contribution is -0.156. The minimum atomic E-state index is -0.756. The molecule has 10 nitrogen and oxygen atoms in total. The first-order valence-corrected chi connectivity index (χ1v) is 14.1. The highest BCUT2D eigenvalue weighted by molar-refractivity contribution is 5.90. The maximum atomic E-state index is 13.6. The summed E-state index contributed by atoms with van der Waals surface area (Å²) in [6.45, 7) is 8.56. The molecule has 2 atom stereocenters. The number of amides is 5. The molecule has 1 aliphatic carbocycles. The van der Waals surface area contributed by atoms with E-state index < -0.39 is 17.4 Å². The normalized spacial score (nSPS) is 18.2. The second kappa shape index (κ2) is 13.8. The number of urea groups is 1. The van der Waals surface area contributed by atoms with Crippen molar-refractivity contribution in [3.05, 3.63) is 29.8 Å². The second-order valence-electron chi connectivity index (χ2n) is 12.2. The molecule has 2 fully saturated rings. The Morgan fingerprint density at radius 2 is 1.69 bits per heavy atom. The lowest BCUT2D eigenvalue weighted by Crippen LogP contribution is -2.58. The average Bonchev–Trinajstić information content (AvgIpc) is 3.40. The topological polar surface area (TPSA) is 131 Å². The van der Waals surface area contributed by atoms with E-state index >= 15 is 0 Å². The van der Waals surface area contributed by atoms with Crippen molar-refractivity contribution in [1.29, 1.82) is 0 Å². The summed E-state index contributed by atoms with van der Waals surface area (Å²) in [5.41, 5.74) is 1.29. The minimum Gasteiger partial charge on any atom is -0.344 e. The number of hydroxylamine groups is 2. The summed E-state index contributed by atoms with van der Waals surface area (Å²) in [6.07, 6.45) is 6.41. The second-order valence-corrected chi connectivity index (χ2v) is 12.2. The molecule has 5 amide bonds. The molecule has 0 aromatic heterocycles. The van der Waals surface area contributed by atoms with E-state index in [1.54, 1.807) is 4.90 Å². The highest BCUT2D eigenvalue weighted by Gasteiger charge is 2.39. The fourth-order valence-electron chi connectivity index (χ4n) is 5.51. The van der Waals surface area contributed by atoms with E-state index in [-0.39, 0.29) is 30.4 Å². The Bertz CT molecular complexity index is 979. The highest BCUT2D eigenvalue weighted by Crippen LogP contribution is 2.31. The van der Waals surface area contributed by atoms with Crippen molar-refractivity contribution in [1.82, 2.24) is 20.6 Å². The maximum absolute atomic E-state index is 13.6. The zero-order chi connectivity index (χ0) is 28.6. The van der Waals surface area contributed by atoms with E-state index in [1.807, 2.05) is 52.0 Å². The molecular formula is C29H45N5O5. The van der Waals surface area contributed by atoms with Crippen LogP contribution in [0.5, 0.6) is 0 Å². The van der Waals surface area contributed by atoms with Crippen molar-refractivity contribution in [2.24, 2.45) is 17.3 Å². The summed E-state index contributed by atoms with van der Waals surface area (Å²) in [5, 5.41) is 19.1. The lowest BCUT2D eigenvalue weighted by Gasteiger charge is -2.39. The van der Waals surface area contributed by atoms with Crippen molar-refractivity contribution < 1.29 is 24.4 Å². The van der Waals surface area contributed by atoms with Crippen molar-refractivity contribution in [2.75, 3.05) is 25.0 Å². The largest absolute Gasteiger partial charge is 0.344 e. The van der Waals surface area contributed by atoms with Crippen LogP contribution >= 0.6 is 0 Å². The van der Waals surface area contributed by atoms with Crippen molar-refractivity contribution in [2.45, 2.75) is 84.7 Å². The van der Waals surface area contributed by atoms with Gasteiger partial charge in [0.15, 0.2) is 0 Å². The summed E-state index contributed by atoms with van der Waals surface area (Å²) < 4.78 is 0. The quantitative estimate of drug-likeness (QED) is 0.203. The van der Waals surface area contributed by atoms with Crippen molar-refractivity contribution in [3.63, 3.8) is 0 Å². The molecule has 1 saturated heterocycles. The molecule has 0 radical (unpaired) electrons. The summed E-state index contributed by atoms with van der Waals surface area (Å²) >= 11 is 0. The van der Waals surface area contributed by atoms with E-state index in [0.717, 1.165) is 36.9 Å². The Morgan fingerprint density at radius 3 is 2.26 bits per heavy atom. The summed E-state index contributed by atoms with van der Waals surface area (Å²) in [7, 11) is 0. The third kappa shape index (κ3) is 9.23. The molecule has 2 aliphatic rings. The summed E-state index contributed by atoms with van der Waals surface area (Å²) in [5.74, 6) is -0.697. The molecule has 216 valence electrons. The maximum Gasteiger partial charge on any atom is 0.319 e. The van der Waals surface area contributed by atoms with Crippen LogP contribution in [0.15, 0.2) is 24.3 Å². The van der Waals surface area contributed by atoms with Gasteiger partial charge < -0.3 is 20.9 Å². The molecule has 1 aliphatic heterocycles. The Morgan fingerprint density at radius 1 is 1.08 bits per heavy atom. The van der Waals surface area contributed by atoms with Gasteiger partial charge in [0.25, 0.3) is 0 Å². The zero-order valence-electron chi connectivity index (χ0n) is 23.7. The molecule has 1 unspecified atom stereocenters. The Balaban J connectivity index is 1.57. The number of hydrogen-bond acceptors (Lipinski definition) is 5. The van der Waals surface area contributed by atoms with E-state index in [4.69, 9.17) is 0 Å². The molecule has 4 N–H and O–H groups in total. The van der Waals surface area contributed by atoms with Crippen LogP contribution < -0.4 is 16.0 Å². The first-order chi connectivity index (χ1) is 18.5. The van der Waals surface area contributed by atoms with E-state index in [0.29, 0.717) is 49.7 Å². The number of aryl methyl sites for hydroxylation is 1. The number of likely N-dealkylation sites (tertiary alicyclic amines) is 1. The Hall–Kier alpha value is -3.14. The van der Waals surface area contributed by atoms with Gasteiger partial charge in [0.1, 0.15) is 6.04 Å². The Labute approximate surface area is 231 Å². The van der Waals surface area contributed by atoms with Gasteiger partial charge in [0.05, 0.1) is 12.5 Å². The van der Waals surface area contributed by atoms with Crippen molar-refractivity contribution >= 4 is 29.9 Å². The van der Waals surface area contributed by atoms with E-state index in [9.17, 15) is 24.4 Å². The molecule has 1 heterocycles. The number of carbonyl (C=O) groups excluding carboxylic acids is 4. The first-order valence-electron chi connectivity index (χ1n) is 14.1. The van der Waals surface area contributed by atoms with Gasteiger partial charge >= 0.3 is 6.03 Å². The average molecular weight is 544 g/mol. The molecular weight excluding hydrogens is 498 g/mol. The molecule has 1 saturated carbocycles. The van der Waals surface area contributed by atoms with Crippen LogP contribution in [0.3, 0.4) is 0 Å². The van der Waals surface area contributed by atoms with Crippen LogP contribution in [0.1, 0.15) is 71.3 Å². The molecule has 39 heavy (non-hydrogen) atoms. The van der Waals surface area contributed by atoms with Crippen LogP contribution in [0.4, 0.5) is 10.5 Å². The van der Waals surface area contributed by atoms with Crippen LogP contribution in [0, 0.1) is 24.2 Å². The molecule has 3 rings (SSSR count). The number of rotatable bonds is 10. The summed E-state index contributed by atoms with van der Waals surface area (Å²) in [4.78, 5) is 52.2. The van der Waals surface area contributed by atoms with Gasteiger partial charge in [-0.1, -0.05) is 64.2 Å². The van der Waals surface area contributed by atoms with Gasteiger partial charge in [-0.25, -0.2) is 9.86 Å². The smallest absolute Gasteiger partial charge is 0.319 e. The molecule has 1 aromatic carbocycles. The van der Waals surface area contributed by atoms with Gasteiger partial charge in [-0.3, -0.25) is 19.6 Å². The molecule has 10 heteroatoms. The van der Waals surface area contributed by atoms with Crippen molar-refractivity contribution in [3.8, 4) is 0 Å². The zero-order valence-corrected chi connectivity index (χ0v) is 23.7. The third-order valence-electron chi connectivity index (χ3n) is 7.84. The fraction of sp³-hybridized carbons (Fsp3) is 0.655. The number of anilines is 1. The van der Waals surface area contributed by atoms with Gasteiger partial charge in [0.2, 0.25) is 18.2 Å². The number of nitrogens with zero attached hydrogens (tertiary/aromatic N) is 2. The number of piperidine rings is 1. The molecule has 0 spiro atoms.